The molecule has 0 spiro atoms. The Balaban J connectivity index is 1.38. The number of ether oxygens (including phenoxy) is 1. The van der Waals surface area contributed by atoms with Crippen molar-refractivity contribution in [1.29, 1.82) is 0 Å². The number of rotatable bonds is 13. The van der Waals surface area contributed by atoms with E-state index in [9.17, 15) is 22.9 Å². The van der Waals surface area contributed by atoms with Crippen LogP contribution >= 0.6 is 11.8 Å². The van der Waals surface area contributed by atoms with Crippen LogP contribution in [-0.2, 0) is 15.6 Å². The summed E-state index contributed by atoms with van der Waals surface area (Å²) in [7, 11) is 1.77. The molecule has 2 aromatic carbocycles. The molecule has 0 aliphatic carbocycles. The molecule has 2 N–H and O–H groups in total. The van der Waals surface area contributed by atoms with Crippen LogP contribution in [-0.4, -0.2) is 104 Å². The van der Waals surface area contributed by atoms with Crippen LogP contribution < -0.4 is 15.0 Å². The van der Waals surface area contributed by atoms with Crippen LogP contribution in [0.3, 0.4) is 0 Å². The lowest BCUT2D eigenvalue weighted by atomic mass is 10.2. The highest BCUT2D eigenvalue weighted by atomic mass is 32.2. The number of nitrogens with zero attached hydrogens (tertiary/aromatic N) is 7. The smallest absolute Gasteiger partial charge is 0.272 e. The number of nitro groups is 1. The summed E-state index contributed by atoms with van der Waals surface area (Å²) in [5, 5.41) is 21.9. The van der Waals surface area contributed by atoms with E-state index in [-0.39, 0.29) is 10.5 Å². The van der Waals surface area contributed by atoms with Crippen molar-refractivity contribution in [3.8, 4) is 5.75 Å². The minimum Gasteiger partial charge on any atom is -0.490 e. The Hall–Kier alpha value is -4.32. The van der Waals surface area contributed by atoms with Gasteiger partial charge in [-0.2, -0.15) is 5.10 Å². The number of halogens is 1. The summed E-state index contributed by atoms with van der Waals surface area (Å²) in [5.74, 6) is 0.648. The van der Waals surface area contributed by atoms with Gasteiger partial charge in [0.15, 0.2) is 32.4 Å². The van der Waals surface area contributed by atoms with Crippen LogP contribution in [0.4, 0.5) is 27.5 Å². The summed E-state index contributed by atoms with van der Waals surface area (Å²) < 4.78 is 45.9. The number of nitro benzene ring substituents is 1. The van der Waals surface area contributed by atoms with Gasteiger partial charge in [0.2, 0.25) is 5.75 Å². The molecule has 17 heteroatoms. The van der Waals surface area contributed by atoms with Crippen molar-refractivity contribution in [2.75, 3.05) is 70.7 Å². The van der Waals surface area contributed by atoms with Crippen molar-refractivity contribution in [1.82, 2.24) is 30.0 Å². The Labute approximate surface area is 276 Å². The van der Waals surface area contributed by atoms with E-state index in [1.165, 1.54) is 23.9 Å². The highest BCUT2D eigenvalue weighted by Gasteiger charge is 2.26. The molecule has 2 aromatic heterocycles. The molecule has 0 saturated carbocycles. The standard InChI is InChI=1S/C30H36FN9O5S2/c1-20-15-26(36-35-20)32-28-27(45-4)29(39-13-11-38(12-14-39)10-9-37(2)3)34-30(33-28)46-24-5-7-25(8-6-24)47(43,44)19-21-16-22(31)18-23(17-21)40(41)42/h5-8,15-18H,9-14,19H2,1-4H3,(H2,32,33,34,35,36). The van der Waals surface area contributed by atoms with E-state index in [1.54, 1.807) is 19.2 Å². The second kappa shape index (κ2) is 14.6. The first-order chi connectivity index (χ1) is 22.4. The van der Waals surface area contributed by atoms with Crippen LogP contribution in [0.15, 0.2) is 63.5 Å². The number of sulfone groups is 1. The van der Waals surface area contributed by atoms with Gasteiger partial charge in [-0.15, -0.1) is 0 Å². The molecule has 3 heterocycles. The number of nitrogens with one attached hydrogen (secondary N) is 2. The van der Waals surface area contributed by atoms with Crippen molar-refractivity contribution in [3.05, 3.63) is 75.7 Å². The molecular weight excluding hydrogens is 650 g/mol. The Morgan fingerprint density at radius 2 is 1.83 bits per heavy atom. The van der Waals surface area contributed by atoms with Gasteiger partial charge >= 0.3 is 0 Å². The number of aromatic amines is 1. The second-order valence-electron chi connectivity index (χ2n) is 11.3. The number of aryl methyl sites for hydroxylation is 1. The molecule has 0 atom stereocenters. The number of anilines is 3. The summed E-state index contributed by atoms with van der Waals surface area (Å²) in [6.07, 6.45) is 0. The second-order valence-corrected chi connectivity index (χ2v) is 14.3. The number of piperazine rings is 1. The zero-order valence-electron chi connectivity index (χ0n) is 26.4. The number of hydrogen-bond acceptors (Lipinski definition) is 13. The molecule has 0 unspecified atom stereocenters. The van der Waals surface area contributed by atoms with Gasteiger partial charge in [0, 0.05) is 62.0 Å². The van der Waals surface area contributed by atoms with Gasteiger partial charge in [-0.1, -0.05) is 0 Å². The van der Waals surface area contributed by atoms with Gasteiger partial charge in [0.1, 0.15) is 5.82 Å². The monoisotopic (exact) mass is 685 g/mol. The van der Waals surface area contributed by atoms with E-state index >= 15 is 0 Å². The number of methoxy groups -OCH3 is 1. The van der Waals surface area contributed by atoms with E-state index in [4.69, 9.17) is 14.7 Å². The first kappa shape index (κ1) is 34.0. The zero-order chi connectivity index (χ0) is 33.7. The Kier molecular flexibility index (Phi) is 10.6. The van der Waals surface area contributed by atoms with Crippen molar-refractivity contribution in [2.24, 2.45) is 0 Å². The highest BCUT2D eigenvalue weighted by molar-refractivity contribution is 7.99. The average molecular weight is 686 g/mol. The van der Waals surface area contributed by atoms with Gasteiger partial charge < -0.3 is 19.9 Å². The predicted octanol–water partition coefficient (Wildman–Crippen LogP) is 4.12. The molecular formula is C30H36FN9O5S2. The lowest BCUT2D eigenvalue weighted by Crippen LogP contribution is -2.48. The van der Waals surface area contributed by atoms with Gasteiger partial charge in [-0.3, -0.25) is 20.1 Å². The first-order valence-corrected chi connectivity index (χ1v) is 17.2. The average Bonchev–Trinajstić information content (AvgIpc) is 3.44. The van der Waals surface area contributed by atoms with Crippen LogP contribution in [0.1, 0.15) is 11.3 Å². The normalized spacial score (nSPS) is 14.0. The van der Waals surface area contributed by atoms with Crippen LogP contribution in [0.2, 0.25) is 0 Å². The Bertz CT molecular complexity index is 1830. The van der Waals surface area contributed by atoms with Crippen molar-refractivity contribution < 1.29 is 22.5 Å². The summed E-state index contributed by atoms with van der Waals surface area (Å²) in [6, 6.07) is 10.8. The number of benzene rings is 2. The van der Waals surface area contributed by atoms with Gasteiger partial charge in [-0.25, -0.2) is 22.8 Å². The van der Waals surface area contributed by atoms with E-state index in [0.29, 0.717) is 33.3 Å². The third-order valence-electron chi connectivity index (χ3n) is 7.42. The number of aromatic nitrogens is 4. The number of likely N-dealkylation sites (N-methyl/N-ethyl adjacent to an activating group) is 1. The topological polar surface area (TPSA) is 163 Å². The Morgan fingerprint density at radius 1 is 1.11 bits per heavy atom. The molecule has 0 amide bonds. The highest BCUT2D eigenvalue weighted by Crippen LogP contribution is 2.38. The number of non-ortho nitro benzene ring substituents is 1. The summed E-state index contributed by atoms with van der Waals surface area (Å²) >= 11 is 1.25. The summed E-state index contributed by atoms with van der Waals surface area (Å²) in [6.45, 7) is 7.06. The SMILES string of the molecule is COc1c(Nc2cc(C)[nH]n2)nc(Sc2ccc(S(=O)(=O)Cc3cc(F)cc([N+](=O)[O-])c3)cc2)nc1N1CCN(CCN(C)C)CC1. The quantitative estimate of drug-likeness (QED) is 0.118. The lowest BCUT2D eigenvalue weighted by Gasteiger charge is -2.36. The number of hydrogen-bond donors (Lipinski definition) is 2. The van der Waals surface area contributed by atoms with E-state index in [1.807, 2.05) is 13.0 Å². The van der Waals surface area contributed by atoms with Gasteiger partial charge in [-0.05, 0) is 68.7 Å². The van der Waals surface area contributed by atoms with Gasteiger partial charge in [0.05, 0.1) is 28.7 Å². The molecule has 1 aliphatic rings. The third-order valence-corrected chi connectivity index (χ3v) is 10.00. The van der Waals surface area contributed by atoms with Gasteiger partial charge in [0.25, 0.3) is 5.69 Å². The number of H-pyrrole nitrogens is 1. The molecule has 1 aliphatic heterocycles. The maximum Gasteiger partial charge on any atom is 0.272 e. The predicted molar refractivity (Wildman–Crippen MR) is 177 cm³/mol. The van der Waals surface area contributed by atoms with Crippen LogP contribution in [0.25, 0.3) is 0 Å². The van der Waals surface area contributed by atoms with Crippen molar-refractivity contribution >= 4 is 44.7 Å². The molecule has 0 bridgehead atoms. The van der Waals surface area contributed by atoms with E-state index < -0.39 is 32.0 Å². The van der Waals surface area contributed by atoms with E-state index in [2.05, 4.69) is 44.3 Å². The molecule has 1 saturated heterocycles. The third kappa shape index (κ3) is 8.73. The fourth-order valence-electron chi connectivity index (χ4n) is 5.02. The largest absolute Gasteiger partial charge is 0.490 e. The first-order valence-electron chi connectivity index (χ1n) is 14.7. The fraction of sp³-hybridized carbons (Fsp3) is 0.367. The Morgan fingerprint density at radius 3 is 2.45 bits per heavy atom. The minimum atomic E-state index is -3.92. The summed E-state index contributed by atoms with van der Waals surface area (Å²) in [4.78, 5) is 27.4. The maximum absolute atomic E-state index is 13.9. The zero-order valence-corrected chi connectivity index (χ0v) is 28.1. The van der Waals surface area contributed by atoms with E-state index in [0.717, 1.165) is 63.2 Å². The fourth-order valence-corrected chi connectivity index (χ4v) is 7.10. The molecule has 1 fully saturated rings. The molecule has 250 valence electrons. The molecule has 0 radical (unpaired) electrons. The minimum absolute atomic E-state index is 0.00602. The summed E-state index contributed by atoms with van der Waals surface area (Å²) in [5.41, 5.74) is 0.345. The molecule has 47 heavy (non-hydrogen) atoms. The maximum atomic E-state index is 13.9. The molecule has 4 aromatic rings. The van der Waals surface area contributed by atoms with Crippen LogP contribution in [0.5, 0.6) is 5.75 Å². The van der Waals surface area contributed by atoms with Crippen LogP contribution in [0, 0.1) is 22.9 Å². The van der Waals surface area contributed by atoms with Crippen molar-refractivity contribution in [3.63, 3.8) is 0 Å². The molecule has 14 nitrogen and oxygen atoms in total. The lowest BCUT2D eigenvalue weighted by molar-refractivity contribution is -0.385. The molecule has 5 rings (SSSR count). The van der Waals surface area contributed by atoms with Crippen molar-refractivity contribution in [2.45, 2.75) is 27.6 Å².